The molecule has 0 atom stereocenters. The lowest BCUT2D eigenvalue weighted by Crippen LogP contribution is -2.18. The Bertz CT molecular complexity index is 246. The first kappa shape index (κ1) is 11.0. The number of aromatic hydroxyl groups is 1. The number of phenols is 1. The van der Waals surface area contributed by atoms with E-state index in [0.29, 0.717) is 19.0 Å². The second-order valence-corrected chi connectivity index (χ2v) is 3.07. The smallest absolute Gasteiger partial charge is 0.115 e. The molecule has 78 valence electrons. The Kier molecular flexibility index (Phi) is 5.04. The Morgan fingerprint density at radius 2 is 2.00 bits per heavy atom. The molecule has 0 bridgehead atoms. The highest BCUT2D eigenvalue weighted by atomic mass is 16.5. The molecule has 1 aromatic carbocycles. The Morgan fingerprint density at radius 1 is 1.29 bits per heavy atom. The predicted octanol–water partition coefficient (Wildman–Crippen LogP) is 1.52. The molecule has 0 heterocycles. The molecule has 1 aromatic rings. The topological polar surface area (TPSA) is 41.5 Å². The van der Waals surface area contributed by atoms with Crippen molar-refractivity contribution in [3.8, 4) is 5.75 Å². The average Bonchev–Trinajstić information content (AvgIpc) is 2.21. The predicted molar refractivity (Wildman–Crippen MR) is 56.3 cm³/mol. The summed E-state index contributed by atoms with van der Waals surface area (Å²) in [6, 6.07) is 7.07. The van der Waals surface area contributed by atoms with Crippen molar-refractivity contribution < 1.29 is 9.84 Å². The largest absolute Gasteiger partial charge is 0.508 e. The Hall–Kier alpha value is -1.06. The van der Waals surface area contributed by atoms with Gasteiger partial charge in [-0.15, -0.1) is 0 Å². The summed E-state index contributed by atoms with van der Waals surface area (Å²) in [7, 11) is 0. The van der Waals surface area contributed by atoms with Crippen LogP contribution in [0.5, 0.6) is 5.75 Å². The van der Waals surface area contributed by atoms with Crippen molar-refractivity contribution in [3.63, 3.8) is 0 Å². The lowest BCUT2D eigenvalue weighted by molar-refractivity contribution is 0.123. The number of hydrogen-bond donors (Lipinski definition) is 2. The third-order valence-corrected chi connectivity index (χ3v) is 1.88. The van der Waals surface area contributed by atoms with Crippen LogP contribution in [0, 0.1) is 0 Å². The van der Waals surface area contributed by atoms with Crippen LogP contribution in [0.25, 0.3) is 0 Å². The summed E-state index contributed by atoms with van der Waals surface area (Å²) in [5.41, 5.74) is 1.08. The van der Waals surface area contributed by atoms with E-state index in [1.807, 2.05) is 12.1 Å². The minimum atomic E-state index is 0.293. The van der Waals surface area contributed by atoms with Gasteiger partial charge in [-0.05, 0) is 24.2 Å². The zero-order valence-electron chi connectivity index (χ0n) is 8.49. The van der Waals surface area contributed by atoms with Crippen molar-refractivity contribution in [2.75, 3.05) is 19.7 Å². The van der Waals surface area contributed by atoms with Gasteiger partial charge in [-0.3, -0.25) is 0 Å². The number of hydrogen-bond acceptors (Lipinski definition) is 3. The molecule has 0 amide bonds. The van der Waals surface area contributed by atoms with E-state index in [9.17, 15) is 0 Å². The first-order valence-corrected chi connectivity index (χ1v) is 4.89. The van der Waals surface area contributed by atoms with Crippen molar-refractivity contribution >= 4 is 0 Å². The molecule has 0 aliphatic heterocycles. The second-order valence-electron chi connectivity index (χ2n) is 3.07. The van der Waals surface area contributed by atoms with Gasteiger partial charge < -0.3 is 15.2 Å². The van der Waals surface area contributed by atoms with Gasteiger partial charge in [-0.2, -0.15) is 0 Å². The van der Waals surface area contributed by atoms with Gasteiger partial charge in [0.25, 0.3) is 0 Å². The van der Waals surface area contributed by atoms with Crippen molar-refractivity contribution in [1.29, 1.82) is 0 Å². The molecule has 0 spiro atoms. The van der Waals surface area contributed by atoms with Gasteiger partial charge in [0.15, 0.2) is 0 Å². The number of phenolic OH excluding ortho intramolecular Hbond substituents is 1. The standard InChI is InChI=1S/C11H17NO2/c1-2-12-7-8-14-9-10-3-5-11(13)6-4-10/h3-6,12-13H,2,7-9H2,1H3. The summed E-state index contributed by atoms with van der Waals surface area (Å²) in [4.78, 5) is 0. The van der Waals surface area contributed by atoms with Gasteiger partial charge in [0.2, 0.25) is 0 Å². The van der Waals surface area contributed by atoms with Crippen LogP contribution in [0.2, 0.25) is 0 Å². The summed E-state index contributed by atoms with van der Waals surface area (Å²) in [6.07, 6.45) is 0. The molecule has 0 aromatic heterocycles. The van der Waals surface area contributed by atoms with E-state index >= 15 is 0 Å². The molecule has 1 rings (SSSR count). The van der Waals surface area contributed by atoms with E-state index in [2.05, 4.69) is 12.2 Å². The molecule has 0 saturated heterocycles. The van der Waals surface area contributed by atoms with E-state index < -0.39 is 0 Å². The molecular formula is C11H17NO2. The van der Waals surface area contributed by atoms with Gasteiger partial charge in [0, 0.05) is 6.54 Å². The molecule has 14 heavy (non-hydrogen) atoms. The first-order chi connectivity index (χ1) is 6.83. The summed E-state index contributed by atoms with van der Waals surface area (Å²) < 4.78 is 5.42. The number of nitrogens with one attached hydrogen (secondary N) is 1. The maximum Gasteiger partial charge on any atom is 0.115 e. The van der Waals surface area contributed by atoms with Crippen molar-refractivity contribution in [1.82, 2.24) is 5.32 Å². The Balaban J connectivity index is 2.15. The fourth-order valence-electron chi connectivity index (χ4n) is 1.10. The molecular weight excluding hydrogens is 178 g/mol. The van der Waals surface area contributed by atoms with Crippen LogP contribution in [0.1, 0.15) is 12.5 Å². The Labute approximate surface area is 84.7 Å². The van der Waals surface area contributed by atoms with Crippen LogP contribution in [0.15, 0.2) is 24.3 Å². The third-order valence-electron chi connectivity index (χ3n) is 1.88. The minimum Gasteiger partial charge on any atom is -0.508 e. The summed E-state index contributed by atoms with van der Waals surface area (Å²) in [5.74, 6) is 0.293. The summed E-state index contributed by atoms with van der Waals surface area (Å²) >= 11 is 0. The lowest BCUT2D eigenvalue weighted by atomic mass is 10.2. The SMILES string of the molecule is CCNCCOCc1ccc(O)cc1. The molecule has 3 nitrogen and oxygen atoms in total. The molecule has 3 heteroatoms. The number of ether oxygens (including phenoxy) is 1. The quantitative estimate of drug-likeness (QED) is 0.676. The Morgan fingerprint density at radius 3 is 2.64 bits per heavy atom. The molecule has 0 unspecified atom stereocenters. The average molecular weight is 195 g/mol. The van der Waals surface area contributed by atoms with E-state index in [1.165, 1.54) is 0 Å². The van der Waals surface area contributed by atoms with E-state index in [0.717, 1.165) is 18.7 Å². The van der Waals surface area contributed by atoms with Gasteiger partial charge in [-0.1, -0.05) is 19.1 Å². The highest BCUT2D eigenvalue weighted by Crippen LogP contribution is 2.09. The van der Waals surface area contributed by atoms with Crippen LogP contribution < -0.4 is 5.32 Å². The third kappa shape index (κ3) is 4.25. The van der Waals surface area contributed by atoms with E-state index in [4.69, 9.17) is 9.84 Å². The molecule has 0 fully saturated rings. The van der Waals surface area contributed by atoms with Gasteiger partial charge in [-0.25, -0.2) is 0 Å². The van der Waals surface area contributed by atoms with Gasteiger partial charge >= 0.3 is 0 Å². The van der Waals surface area contributed by atoms with Crippen molar-refractivity contribution in [2.24, 2.45) is 0 Å². The highest BCUT2D eigenvalue weighted by molar-refractivity contribution is 5.25. The van der Waals surface area contributed by atoms with E-state index in [1.54, 1.807) is 12.1 Å². The second kappa shape index (κ2) is 6.40. The number of rotatable bonds is 6. The van der Waals surface area contributed by atoms with Gasteiger partial charge in [0.05, 0.1) is 13.2 Å². The molecule has 0 aliphatic rings. The zero-order valence-corrected chi connectivity index (χ0v) is 8.49. The maximum atomic E-state index is 9.05. The van der Waals surface area contributed by atoms with Crippen molar-refractivity contribution in [3.05, 3.63) is 29.8 Å². The fraction of sp³-hybridized carbons (Fsp3) is 0.455. The van der Waals surface area contributed by atoms with E-state index in [-0.39, 0.29) is 0 Å². The fourth-order valence-corrected chi connectivity index (χ4v) is 1.10. The molecule has 2 N–H and O–H groups in total. The molecule has 0 radical (unpaired) electrons. The zero-order chi connectivity index (χ0) is 10.2. The maximum absolute atomic E-state index is 9.05. The van der Waals surface area contributed by atoms with Crippen molar-refractivity contribution in [2.45, 2.75) is 13.5 Å². The van der Waals surface area contributed by atoms with Crippen LogP contribution in [-0.2, 0) is 11.3 Å². The number of benzene rings is 1. The molecule has 0 aliphatic carbocycles. The number of likely N-dealkylation sites (N-methyl/N-ethyl adjacent to an activating group) is 1. The molecule has 0 saturated carbocycles. The van der Waals surface area contributed by atoms with Crippen LogP contribution in [0.3, 0.4) is 0 Å². The van der Waals surface area contributed by atoms with Crippen LogP contribution >= 0.6 is 0 Å². The summed E-state index contributed by atoms with van der Waals surface area (Å²) in [6.45, 7) is 5.25. The normalized spacial score (nSPS) is 10.4. The first-order valence-electron chi connectivity index (χ1n) is 4.89. The summed E-state index contributed by atoms with van der Waals surface area (Å²) in [5, 5.41) is 12.2. The van der Waals surface area contributed by atoms with Crippen LogP contribution in [-0.4, -0.2) is 24.8 Å². The van der Waals surface area contributed by atoms with Crippen LogP contribution in [0.4, 0.5) is 0 Å². The highest BCUT2D eigenvalue weighted by Gasteiger charge is 1.93. The monoisotopic (exact) mass is 195 g/mol. The lowest BCUT2D eigenvalue weighted by Gasteiger charge is -2.04. The van der Waals surface area contributed by atoms with Gasteiger partial charge in [0.1, 0.15) is 5.75 Å². The minimum absolute atomic E-state index is 0.293.